The summed E-state index contributed by atoms with van der Waals surface area (Å²) in [6.45, 7) is -0.177. The Morgan fingerprint density at radius 2 is 1.88 bits per heavy atom. The van der Waals surface area contributed by atoms with Crippen molar-refractivity contribution in [3.05, 3.63) is 94.9 Å². The van der Waals surface area contributed by atoms with E-state index < -0.39 is 53.2 Å². The van der Waals surface area contributed by atoms with Gasteiger partial charge in [-0.3, -0.25) is 14.4 Å². The number of carbonyl (C=O) groups is 3. The fourth-order valence-corrected chi connectivity index (χ4v) is 5.99. The molecule has 0 radical (unpaired) electrons. The van der Waals surface area contributed by atoms with Gasteiger partial charge in [0, 0.05) is 42.0 Å². The van der Waals surface area contributed by atoms with Gasteiger partial charge in [0.1, 0.15) is 29.3 Å². The van der Waals surface area contributed by atoms with Crippen molar-refractivity contribution >= 4 is 34.3 Å². The van der Waals surface area contributed by atoms with Gasteiger partial charge in [0.2, 0.25) is 11.8 Å². The van der Waals surface area contributed by atoms with Gasteiger partial charge in [0.05, 0.1) is 18.6 Å². The zero-order valence-corrected chi connectivity index (χ0v) is 22.7. The highest BCUT2D eigenvalue weighted by atomic mass is 19.2. The fraction of sp³-hybridized carbons (Fsp3) is 0.226. The van der Waals surface area contributed by atoms with E-state index in [1.807, 2.05) is 0 Å². The molecule has 43 heavy (non-hydrogen) atoms. The smallest absolute Gasteiger partial charge is 0.268 e. The molecule has 3 heterocycles. The molecule has 9 nitrogen and oxygen atoms in total. The molecular formula is C31H24F3N5O4. The first-order chi connectivity index (χ1) is 20.6. The number of nitrogens with one attached hydrogen (secondary N) is 3. The summed E-state index contributed by atoms with van der Waals surface area (Å²) in [4.78, 5) is 44.9. The minimum absolute atomic E-state index is 0.000102. The molecule has 3 aromatic carbocycles. The summed E-state index contributed by atoms with van der Waals surface area (Å²) in [7, 11) is 1.48. The van der Waals surface area contributed by atoms with Crippen LogP contribution in [0.1, 0.15) is 28.0 Å². The normalized spacial score (nSPS) is 19.7. The van der Waals surface area contributed by atoms with E-state index in [0.29, 0.717) is 40.0 Å². The second-order valence-corrected chi connectivity index (χ2v) is 10.6. The predicted molar refractivity (Wildman–Crippen MR) is 149 cm³/mol. The maximum absolute atomic E-state index is 14.7. The van der Waals surface area contributed by atoms with Crippen molar-refractivity contribution in [3.63, 3.8) is 0 Å². The summed E-state index contributed by atoms with van der Waals surface area (Å²) < 4.78 is 47.9. The van der Waals surface area contributed by atoms with Crippen LogP contribution in [0, 0.1) is 28.8 Å². The SMILES string of the molecule is COc1cccc2[nH]c(C(=O)N[C@@H](Cc3cc(F)c(F)cc3F)C(=O)N3C[C@]4(C[C@H]3C#N)C(=O)Nc3ccccc34)cc12. The van der Waals surface area contributed by atoms with Crippen LogP contribution in [0.2, 0.25) is 0 Å². The Hall–Kier alpha value is -5.31. The maximum atomic E-state index is 14.7. The number of fused-ring (bicyclic) bond motifs is 3. The second kappa shape index (κ2) is 10.5. The van der Waals surface area contributed by atoms with Crippen LogP contribution in [0.5, 0.6) is 5.75 Å². The molecule has 0 bridgehead atoms. The van der Waals surface area contributed by atoms with E-state index in [4.69, 9.17) is 4.74 Å². The Kier molecular flexibility index (Phi) is 6.80. The zero-order chi connectivity index (χ0) is 30.5. The van der Waals surface area contributed by atoms with Crippen LogP contribution in [-0.4, -0.2) is 53.3 Å². The molecule has 2 aliphatic rings. The molecular weight excluding hydrogens is 563 g/mol. The molecule has 0 unspecified atom stereocenters. The molecule has 6 rings (SSSR count). The zero-order valence-electron chi connectivity index (χ0n) is 22.7. The number of methoxy groups -OCH3 is 1. The first-order valence-electron chi connectivity index (χ1n) is 13.4. The summed E-state index contributed by atoms with van der Waals surface area (Å²) in [5.41, 5.74) is 0.277. The van der Waals surface area contributed by atoms with Gasteiger partial charge in [-0.1, -0.05) is 24.3 Å². The summed E-state index contributed by atoms with van der Waals surface area (Å²) >= 11 is 0. The molecule has 1 fully saturated rings. The monoisotopic (exact) mass is 587 g/mol. The third-order valence-corrected chi connectivity index (χ3v) is 8.12. The molecule has 2 aliphatic heterocycles. The first kappa shape index (κ1) is 27.8. The lowest BCUT2D eigenvalue weighted by atomic mass is 9.80. The Bertz CT molecular complexity index is 1850. The lowest BCUT2D eigenvalue weighted by Crippen LogP contribution is -2.52. The third-order valence-electron chi connectivity index (χ3n) is 8.12. The highest BCUT2D eigenvalue weighted by molar-refractivity contribution is 6.07. The number of hydrogen-bond donors (Lipinski definition) is 3. The van der Waals surface area contributed by atoms with Crippen LogP contribution in [0.4, 0.5) is 18.9 Å². The van der Waals surface area contributed by atoms with E-state index in [1.54, 1.807) is 42.5 Å². The summed E-state index contributed by atoms with van der Waals surface area (Å²) in [5.74, 6) is -5.25. The van der Waals surface area contributed by atoms with Crippen LogP contribution in [0.3, 0.4) is 0 Å². The summed E-state index contributed by atoms with van der Waals surface area (Å²) in [5, 5.41) is 16.0. The standard InChI is InChI=1S/C31H24F3N5O4/c1-43-27-8-4-7-23-18(27)11-25(36-23)28(40)37-26(10-16-9-21(33)22(34)12-20(16)32)29(41)39-15-31(13-17(39)14-35)19-5-2-3-6-24(19)38-30(31)42/h2-9,11-12,17,26,36H,10,13,15H2,1H3,(H,37,40)(H,38,42)/t17-,26-,31-/m0/s1. The second-order valence-electron chi connectivity index (χ2n) is 10.6. The number of nitriles is 1. The number of aromatic nitrogens is 1. The van der Waals surface area contributed by atoms with Crippen molar-refractivity contribution in [2.75, 3.05) is 19.0 Å². The van der Waals surface area contributed by atoms with Gasteiger partial charge in [0.15, 0.2) is 11.6 Å². The van der Waals surface area contributed by atoms with Gasteiger partial charge in [-0.25, -0.2) is 13.2 Å². The molecule has 4 aromatic rings. The number of anilines is 1. The number of nitrogens with zero attached hydrogens (tertiary/aromatic N) is 2. The molecule has 1 spiro atoms. The van der Waals surface area contributed by atoms with Crippen molar-refractivity contribution in [3.8, 4) is 11.8 Å². The maximum Gasteiger partial charge on any atom is 0.268 e. The summed E-state index contributed by atoms with van der Waals surface area (Å²) in [6.07, 6.45) is -0.554. The number of hydrogen-bond acceptors (Lipinski definition) is 5. The molecule has 12 heteroatoms. The molecule has 1 aromatic heterocycles. The van der Waals surface area contributed by atoms with Crippen LogP contribution in [-0.2, 0) is 21.4 Å². The largest absolute Gasteiger partial charge is 0.496 e. The highest BCUT2D eigenvalue weighted by Crippen LogP contribution is 2.46. The van der Waals surface area contributed by atoms with Crippen LogP contribution in [0.25, 0.3) is 10.9 Å². The Balaban J connectivity index is 1.35. The molecule has 3 amide bonds. The van der Waals surface area contributed by atoms with Gasteiger partial charge < -0.3 is 25.3 Å². The molecule has 3 N–H and O–H groups in total. The lowest BCUT2D eigenvalue weighted by Gasteiger charge is -2.27. The predicted octanol–water partition coefficient (Wildman–Crippen LogP) is 3.95. The number of carbonyl (C=O) groups excluding carboxylic acids is 3. The summed E-state index contributed by atoms with van der Waals surface area (Å²) in [6, 6.07) is 14.1. The number of ether oxygens (including phenoxy) is 1. The van der Waals surface area contributed by atoms with E-state index in [2.05, 4.69) is 21.7 Å². The molecule has 3 atom stereocenters. The third kappa shape index (κ3) is 4.63. The average Bonchev–Trinajstić information content (AvgIpc) is 3.69. The van der Waals surface area contributed by atoms with Crippen LogP contribution < -0.4 is 15.4 Å². The van der Waals surface area contributed by atoms with Gasteiger partial charge in [-0.05, 0) is 41.5 Å². The number of amides is 3. The molecule has 1 saturated heterocycles. The topological polar surface area (TPSA) is 127 Å². The van der Waals surface area contributed by atoms with Gasteiger partial charge in [-0.2, -0.15) is 5.26 Å². The molecule has 0 aliphatic carbocycles. The number of rotatable bonds is 6. The quantitative estimate of drug-likeness (QED) is 0.295. The Morgan fingerprint density at radius 1 is 1.12 bits per heavy atom. The van der Waals surface area contributed by atoms with Crippen LogP contribution >= 0.6 is 0 Å². The Morgan fingerprint density at radius 3 is 2.65 bits per heavy atom. The van der Waals surface area contributed by atoms with Crippen molar-refractivity contribution < 1.29 is 32.3 Å². The minimum Gasteiger partial charge on any atom is -0.496 e. The number of benzene rings is 3. The average molecular weight is 588 g/mol. The van der Waals surface area contributed by atoms with Crippen molar-refractivity contribution in [2.24, 2.45) is 0 Å². The highest BCUT2D eigenvalue weighted by Gasteiger charge is 2.56. The van der Waals surface area contributed by atoms with Crippen molar-refractivity contribution in [2.45, 2.75) is 30.3 Å². The van der Waals surface area contributed by atoms with E-state index >= 15 is 0 Å². The first-order valence-corrected chi connectivity index (χ1v) is 13.4. The van der Waals surface area contributed by atoms with Gasteiger partial charge in [0.25, 0.3) is 5.91 Å². The van der Waals surface area contributed by atoms with E-state index in [1.165, 1.54) is 18.1 Å². The molecule has 218 valence electrons. The van der Waals surface area contributed by atoms with Gasteiger partial charge >= 0.3 is 0 Å². The van der Waals surface area contributed by atoms with Crippen molar-refractivity contribution in [1.82, 2.24) is 15.2 Å². The number of aromatic amines is 1. The molecule has 0 saturated carbocycles. The fourth-order valence-electron chi connectivity index (χ4n) is 5.99. The number of H-pyrrole nitrogens is 1. The number of halogens is 3. The Labute approximate surface area is 243 Å². The lowest BCUT2D eigenvalue weighted by molar-refractivity contribution is -0.133. The van der Waals surface area contributed by atoms with E-state index in [0.717, 1.165) is 0 Å². The van der Waals surface area contributed by atoms with Crippen LogP contribution in [0.15, 0.2) is 60.7 Å². The minimum atomic E-state index is -1.51. The number of para-hydroxylation sites is 1. The van der Waals surface area contributed by atoms with Crippen molar-refractivity contribution in [1.29, 1.82) is 5.26 Å². The number of likely N-dealkylation sites (tertiary alicyclic amines) is 1. The van der Waals surface area contributed by atoms with E-state index in [-0.39, 0.29) is 30.1 Å². The van der Waals surface area contributed by atoms with Gasteiger partial charge in [-0.15, -0.1) is 0 Å². The van der Waals surface area contributed by atoms with E-state index in [9.17, 15) is 32.8 Å².